The van der Waals surface area contributed by atoms with Crippen molar-refractivity contribution in [1.82, 2.24) is 0 Å². The Bertz CT molecular complexity index is 97.8. The first kappa shape index (κ1) is 9.96. The summed E-state index contributed by atoms with van der Waals surface area (Å²) in [6.07, 6.45) is 0. The van der Waals surface area contributed by atoms with Gasteiger partial charge in [0.2, 0.25) is 0 Å². The minimum Gasteiger partial charge on any atom is -0.375 e. The summed E-state index contributed by atoms with van der Waals surface area (Å²) in [5.74, 6) is 0. The summed E-state index contributed by atoms with van der Waals surface area (Å²) in [6, 6.07) is 0. The lowest BCUT2D eigenvalue weighted by atomic mass is 9.79. The molecule has 0 unspecified atom stereocenters. The Labute approximate surface area is 64.8 Å². The number of hydrogen-bond donors (Lipinski definition) is 0. The lowest BCUT2D eigenvalue weighted by Crippen LogP contribution is -2.39. The Balaban J connectivity index is 4.10. The summed E-state index contributed by atoms with van der Waals surface area (Å²) in [5.41, 5.74) is 0.213. The minimum absolute atomic E-state index is 0.0122. The highest BCUT2D eigenvalue weighted by atomic mass is 16.5. The smallest absolute Gasteiger partial charge is 0.0674 e. The highest BCUT2D eigenvalue weighted by Gasteiger charge is 2.32. The Morgan fingerprint density at radius 1 is 1.00 bits per heavy atom. The van der Waals surface area contributed by atoms with Crippen LogP contribution >= 0.6 is 0 Å². The van der Waals surface area contributed by atoms with Gasteiger partial charge in [-0.05, 0) is 26.2 Å². The third kappa shape index (κ3) is 2.30. The predicted molar refractivity (Wildman–Crippen MR) is 45.2 cm³/mol. The van der Waals surface area contributed by atoms with Crippen molar-refractivity contribution in [1.29, 1.82) is 0 Å². The third-order valence-electron chi connectivity index (χ3n) is 2.31. The van der Waals surface area contributed by atoms with E-state index >= 15 is 0 Å². The summed E-state index contributed by atoms with van der Waals surface area (Å²) in [7, 11) is 0. The van der Waals surface area contributed by atoms with Gasteiger partial charge in [0.1, 0.15) is 0 Å². The van der Waals surface area contributed by atoms with Crippen LogP contribution in [0, 0.1) is 5.41 Å². The molecule has 0 aliphatic carbocycles. The van der Waals surface area contributed by atoms with Crippen LogP contribution in [0.15, 0.2) is 0 Å². The van der Waals surface area contributed by atoms with Crippen molar-refractivity contribution < 1.29 is 4.74 Å². The van der Waals surface area contributed by atoms with Crippen molar-refractivity contribution >= 4 is 0 Å². The van der Waals surface area contributed by atoms with Gasteiger partial charge in [0, 0.05) is 6.61 Å². The van der Waals surface area contributed by atoms with Crippen LogP contribution in [0.3, 0.4) is 0 Å². The van der Waals surface area contributed by atoms with E-state index in [1.165, 1.54) is 0 Å². The molecule has 62 valence electrons. The topological polar surface area (TPSA) is 9.23 Å². The molecular weight excluding hydrogens is 124 g/mol. The van der Waals surface area contributed by atoms with Crippen molar-refractivity contribution in [3.8, 4) is 0 Å². The molecule has 0 rings (SSSR count). The van der Waals surface area contributed by atoms with Crippen LogP contribution in [-0.2, 0) is 4.74 Å². The maximum Gasteiger partial charge on any atom is 0.0674 e. The van der Waals surface area contributed by atoms with Gasteiger partial charge in [-0.25, -0.2) is 0 Å². The fraction of sp³-hybridized carbons (Fsp3) is 1.00. The Morgan fingerprint density at radius 2 is 1.40 bits per heavy atom. The first-order chi connectivity index (χ1) is 4.31. The largest absolute Gasteiger partial charge is 0.375 e. The van der Waals surface area contributed by atoms with Gasteiger partial charge in [0.25, 0.3) is 0 Å². The van der Waals surface area contributed by atoms with E-state index in [2.05, 4.69) is 34.6 Å². The first-order valence-electron chi connectivity index (χ1n) is 3.95. The molecule has 0 aliphatic rings. The zero-order chi connectivity index (χ0) is 8.41. The fourth-order valence-electron chi connectivity index (χ4n) is 0.577. The highest BCUT2D eigenvalue weighted by Crippen LogP contribution is 2.32. The van der Waals surface area contributed by atoms with Gasteiger partial charge >= 0.3 is 0 Å². The van der Waals surface area contributed by atoms with Crippen LogP contribution in [0.1, 0.15) is 41.5 Å². The van der Waals surface area contributed by atoms with Gasteiger partial charge in [0.05, 0.1) is 5.60 Å². The lowest BCUT2D eigenvalue weighted by Gasteiger charge is -2.38. The van der Waals surface area contributed by atoms with Crippen LogP contribution in [0.4, 0.5) is 0 Å². The van der Waals surface area contributed by atoms with Gasteiger partial charge in [0.15, 0.2) is 0 Å². The summed E-state index contributed by atoms with van der Waals surface area (Å²) >= 11 is 0. The molecule has 0 aliphatic heterocycles. The molecule has 0 atom stereocenters. The van der Waals surface area contributed by atoms with Crippen LogP contribution in [-0.4, -0.2) is 12.2 Å². The predicted octanol–water partition coefficient (Wildman–Crippen LogP) is 2.85. The number of hydrogen-bond acceptors (Lipinski definition) is 1. The zero-order valence-corrected chi connectivity index (χ0v) is 8.12. The van der Waals surface area contributed by atoms with Crippen LogP contribution < -0.4 is 0 Å². The molecule has 0 aromatic carbocycles. The van der Waals surface area contributed by atoms with E-state index in [0.29, 0.717) is 0 Å². The van der Waals surface area contributed by atoms with E-state index in [9.17, 15) is 0 Å². The van der Waals surface area contributed by atoms with Crippen LogP contribution in [0.5, 0.6) is 0 Å². The molecule has 0 bridgehead atoms. The molecule has 0 amide bonds. The number of rotatable bonds is 2. The molecular formula is C9H20O. The summed E-state index contributed by atoms with van der Waals surface area (Å²) < 4.78 is 5.59. The maximum absolute atomic E-state index is 5.59. The second-order valence-electron chi connectivity index (χ2n) is 4.19. The zero-order valence-electron chi connectivity index (χ0n) is 8.12. The monoisotopic (exact) mass is 144 g/mol. The van der Waals surface area contributed by atoms with Gasteiger partial charge in [-0.2, -0.15) is 0 Å². The summed E-state index contributed by atoms with van der Waals surface area (Å²) in [6.45, 7) is 13.7. The van der Waals surface area contributed by atoms with Gasteiger partial charge in [-0.3, -0.25) is 0 Å². The molecule has 0 saturated carbocycles. The van der Waals surface area contributed by atoms with Crippen molar-refractivity contribution in [3.63, 3.8) is 0 Å². The normalized spacial score (nSPS) is 13.8. The summed E-state index contributed by atoms with van der Waals surface area (Å²) in [4.78, 5) is 0. The molecule has 0 fully saturated rings. The molecule has 0 saturated heterocycles. The minimum atomic E-state index is -0.0122. The van der Waals surface area contributed by atoms with E-state index in [4.69, 9.17) is 4.74 Å². The van der Waals surface area contributed by atoms with Crippen molar-refractivity contribution in [2.75, 3.05) is 6.61 Å². The maximum atomic E-state index is 5.59. The molecule has 10 heavy (non-hydrogen) atoms. The van der Waals surface area contributed by atoms with E-state index in [1.54, 1.807) is 0 Å². The van der Waals surface area contributed by atoms with Gasteiger partial charge < -0.3 is 4.74 Å². The SMILES string of the molecule is CCOC(C)(C)C(C)(C)C. The van der Waals surface area contributed by atoms with E-state index in [-0.39, 0.29) is 11.0 Å². The van der Waals surface area contributed by atoms with Gasteiger partial charge in [-0.1, -0.05) is 20.8 Å². The molecule has 0 aromatic rings. The van der Waals surface area contributed by atoms with Crippen molar-refractivity contribution in [3.05, 3.63) is 0 Å². The number of ether oxygens (including phenoxy) is 1. The second-order valence-corrected chi connectivity index (χ2v) is 4.19. The molecule has 0 aromatic heterocycles. The lowest BCUT2D eigenvalue weighted by molar-refractivity contribution is -0.0850. The molecule has 0 N–H and O–H groups in total. The molecule has 0 heterocycles. The van der Waals surface area contributed by atoms with Crippen LogP contribution in [0.2, 0.25) is 0 Å². The Kier molecular flexibility index (Phi) is 2.90. The van der Waals surface area contributed by atoms with Gasteiger partial charge in [-0.15, -0.1) is 0 Å². The van der Waals surface area contributed by atoms with Crippen molar-refractivity contribution in [2.24, 2.45) is 5.41 Å². The third-order valence-corrected chi connectivity index (χ3v) is 2.31. The quantitative estimate of drug-likeness (QED) is 0.579. The second kappa shape index (κ2) is 2.91. The molecule has 1 nitrogen and oxygen atoms in total. The molecule has 0 spiro atoms. The van der Waals surface area contributed by atoms with E-state index < -0.39 is 0 Å². The average Bonchev–Trinajstić information content (AvgIpc) is 1.61. The highest BCUT2D eigenvalue weighted by molar-refractivity contribution is 4.83. The summed E-state index contributed by atoms with van der Waals surface area (Å²) in [5, 5.41) is 0. The van der Waals surface area contributed by atoms with E-state index in [1.807, 2.05) is 6.92 Å². The molecule has 1 heteroatoms. The Hall–Kier alpha value is -0.0400. The first-order valence-corrected chi connectivity index (χ1v) is 3.95. The Morgan fingerprint density at radius 3 is 1.50 bits per heavy atom. The van der Waals surface area contributed by atoms with Crippen LogP contribution in [0.25, 0.3) is 0 Å². The van der Waals surface area contributed by atoms with Crippen molar-refractivity contribution in [2.45, 2.75) is 47.1 Å². The fourth-order valence-corrected chi connectivity index (χ4v) is 0.577. The molecule has 0 radical (unpaired) electrons. The average molecular weight is 144 g/mol. The standard InChI is InChI=1S/C9H20O/c1-7-10-9(5,6)8(2,3)4/h7H2,1-6H3. The van der Waals surface area contributed by atoms with E-state index in [0.717, 1.165) is 6.61 Å².